The number of hydrogen-bond donors (Lipinski definition) is 2. The molecule has 0 aliphatic carbocycles. The van der Waals surface area contributed by atoms with E-state index in [2.05, 4.69) is 18.3 Å². The van der Waals surface area contributed by atoms with E-state index >= 15 is 0 Å². The minimum atomic E-state index is -0.405. The van der Waals surface area contributed by atoms with Crippen LogP contribution in [0.25, 0.3) is 0 Å². The van der Waals surface area contributed by atoms with Gasteiger partial charge in [-0.2, -0.15) is 0 Å². The lowest BCUT2D eigenvalue weighted by molar-refractivity contribution is -0.117. The SMILES string of the molecule is CC(CN)c1ccc2c(c1)SC(C)(C)C(=O)N2. The summed E-state index contributed by atoms with van der Waals surface area (Å²) < 4.78 is -0.405. The number of thioether (sulfide) groups is 1. The summed E-state index contributed by atoms with van der Waals surface area (Å²) in [6.45, 7) is 6.63. The van der Waals surface area contributed by atoms with Crippen LogP contribution in [0.3, 0.4) is 0 Å². The number of anilines is 1. The van der Waals surface area contributed by atoms with E-state index in [1.807, 2.05) is 26.0 Å². The van der Waals surface area contributed by atoms with Crippen molar-refractivity contribution in [3.63, 3.8) is 0 Å². The third-order valence-corrected chi connectivity index (χ3v) is 4.34. The number of rotatable bonds is 2. The first-order valence-corrected chi connectivity index (χ1v) is 6.60. The number of fused-ring (bicyclic) bond motifs is 1. The van der Waals surface area contributed by atoms with Crippen LogP contribution >= 0.6 is 11.8 Å². The van der Waals surface area contributed by atoms with Gasteiger partial charge in [0.15, 0.2) is 0 Å². The van der Waals surface area contributed by atoms with Gasteiger partial charge in [0.2, 0.25) is 5.91 Å². The maximum absolute atomic E-state index is 11.8. The highest BCUT2D eigenvalue weighted by molar-refractivity contribution is 8.01. The zero-order valence-electron chi connectivity index (χ0n) is 10.4. The molecule has 0 bridgehead atoms. The third kappa shape index (κ3) is 2.33. The van der Waals surface area contributed by atoms with Crippen molar-refractivity contribution in [2.75, 3.05) is 11.9 Å². The van der Waals surface area contributed by atoms with Crippen molar-refractivity contribution in [1.82, 2.24) is 0 Å². The molecule has 0 spiro atoms. The van der Waals surface area contributed by atoms with E-state index in [-0.39, 0.29) is 5.91 Å². The average Bonchev–Trinajstić information content (AvgIpc) is 2.28. The molecule has 4 heteroatoms. The molecule has 0 aromatic heterocycles. The van der Waals surface area contributed by atoms with Gasteiger partial charge in [-0.05, 0) is 44.0 Å². The van der Waals surface area contributed by atoms with Crippen LogP contribution in [0.2, 0.25) is 0 Å². The molecular formula is C13H18N2OS. The number of nitrogens with one attached hydrogen (secondary N) is 1. The van der Waals surface area contributed by atoms with Gasteiger partial charge in [-0.1, -0.05) is 13.0 Å². The molecule has 1 atom stereocenters. The fourth-order valence-electron chi connectivity index (χ4n) is 1.76. The lowest BCUT2D eigenvalue weighted by Gasteiger charge is -2.30. The second kappa shape index (κ2) is 4.35. The number of amides is 1. The predicted octanol–water partition coefficient (Wildman–Crippen LogP) is 2.57. The predicted molar refractivity (Wildman–Crippen MR) is 72.5 cm³/mol. The molecule has 0 fully saturated rings. The molecule has 1 aliphatic heterocycles. The van der Waals surface area contributed by atoms with Crippen LogP contribution in [0, 0.1) is 0 Å². The average molecular weight is 250 g/mol. The Morgan fingerprint density at radius 3 is 2.82 bits per heavy atom. The lowest BCUT2D eigenvalue weighted by atomic mass is 10.0. The Hall–Kier alpha value is -1.00. The lowest BCUT2D eigenvalue weighted by Crippen LogP contribution is -2.37. The summed E-state index contributed by atoms with van der Waals surface area (Å²) >= 11 is 1.61. The van der Waals surface area contributed by atoms with Gasteiger partial charge < -0.3 is 11.1 Å². The molecule has 3 nitrogen and oxygen atoms in total. The molecule has 0 radical (unpaired) electrons. The maximum atomic E-state index is 11.8. The van der Waals surface area contributed by atoms with E-state index in [1.54, 1.807) is 11.8 Å². The molecule has 1 heterocycles. The number of nitrogens with two attached hydrogens (primary N) is 1. The van der Waals surface area contributed by atoms with Crippen LogP contribution in [-0.4, -0.2) is 17.2 Å². The van der Waals surface area contributed by atoms with Crippen LogP contribution in [0.4, 0.5) is 5.69 Å². The van der Waals surface area contributed by atoms with Gasteiger partial charge in [0.25, 0.3) is 0 Å². The van der Waals surface area contributed by atoms with Crippen molar-refractivity contribution in [3.8, 4) is 0 Å². The van der Waals surface area contributed by atoms with Gasteiger partial charge in [-0.3, -0.25) is 4.79 Å². The smallest absolute Gasteiger partial charge is 0.240 e. The Morgan fingerprint density at radius 2 is 2.18 bits per heavy atom. The number of benzene rings is 1. The van der Waals surface area contributed by atoms with Gasteiger partial charge in [0.1, 0.15) is 0 Å². The topological polar surface area (TPSA) is 55.1 Å². The van der Waals surface area contributed by atoms with Crippen molar-refractivity contribution in [2.24, 2.45) is 5.73 Å². The molecular weight excluding hydrogens is 232 g/mol. The van der Waals surface area contributed by atoms with Crippen molar-refractivity contribution in [1.29, 1.82) is 0 Å². The Balaban J connectivity index is 2.37. The van der Waals surface area contributed by atoms with Gasteiger partial charge in [0, 0.05) is 4.90 Å². The van der Waals surface area contributed by atoms with E-state index in [9.17, 15) is 4.79 Å². The van der Waals surface area contributed by atoms with Gasteiger partial charge in [-0.25, -0.2) is 0 Å². The van der Waals surface area contributed by atoms with E-state index in [0.29, 0.717) is 12.5 Å². The molecule has 1 aliphatic rings. The molecule has 1 aromatic rings. The van der Waals surface area contributed by atoms with E-state index in [4.69, 9.17) is 5.73 Å². The Bertz CT molecular complexity index is 457. The van der Waals surface area contributed by atoms with Crippen molar-refractivity contribution in [3.05, 3.63) is 23.8 Å². The van der Waals surface area contributed by atoms with Crippen LogP contribution in [0.5, 0.6) is 0 Å². The molecule has 17 heavy (non-hydrogen) atoms. The molecule has 3 N–H and O–H groups in total. The van der Waals surface area contributed by atoms with Crippen molar-refractivity contribution >= 4 is 23.4 Å². The zero-order valence-corrected chi connectivity index (χ0v) is 11.2. The summed E-state index contributed by atoms with van der Waals surface area (Å²) in [5.41, 5.74) is 7.82. The molecule has 0 saturated heterocycles. The first kappa shape index (κ1) is 12.5. The highest BCUT2D eigenvalue weighted by Crippen LogP contribution is 2.42. The maximum Gasteiger partial charge on any atom is 0.240 e. The van der Waals surface area contributed by atoms with E-state index < -0.39 is 4.75 Å². The van der Waals surface area contributed by atoms with Crippen LogP contribution in [0.15, 0.2) is 23.1 Å². The third-order valence-electron chi connectivity index (χ3n) is 3.09. The molecule has 1 unspecified atom stereocenters. The van der Waals surface area contributed by atoms with Gasteiger partial charge >= 0.3 is 0 Å². The zero-order chi connectivity index (χ0) is 12.6. The fourth-order valence-corrected chi connectivity index (χ4v) is 2.88. The van der Waals surface area contributed by atoms with E-state index in [0.717, 1.165) is 10.6 Å². The van der Waals surface area contributed by atoms with Crippen molar-refractivity contribution < 1.29 is 4.79 Å². The molecule has 1 amide bonds. The van der Waals surface area contributed by atoms with Gasteiger partial charge in [0.05, 0.1) is 10.4 Å². The van der Waals surface area contributed by atoms with E-state index in [1.165, 1.54) is 5.56 Å². The number of carbonyl (C=O) groups excluding carboxylic acids is 1. The summed E-state index contributed by atoms with van der Waals surface area (Å²) in [5.74, 6) is 0.413. The van der Waals surface area contributed by atoms with Crippen LogP contribution in [-0.2, 0) is 4.79 Å². The minimum Gasteiger partial charge on any atom is -0.330 e. The molecule has 1 aromatic carbocycles. The molecule has 2 rings (SSSR count). The standard InChI is InChI=1S/C13H18N2OS/c1-8(7-14)9-4-5-10-11(6-9)17-13(2,3)12(16)15-10/h4-6,8H,7,14H2,1-3H3,(H,15,16). The van der Waals surface area contributed by atoms with Crippen LogP contribution < -0.4 is 11.1 Å². The second-order valence-corrected chi connectivity index (χ2v) is 6.62. The largest absolute Gasteiger partial charge is 0.330 e. The highest BCUT2D eigenvalue weighted by Gasteiger charge is 2.34. The Kier molecular flexibility index (Phi) is 3.19. The second-order valence-electron chi connectivity index (χ2n) is 4.96. The Labute approximate surface area is 106 Å². The highest BCUT2D eigenvalue weighted by atomic mass is 32.2. The minimum absolute atomic E-state index is 0.0645. The summed E-state index contributed by atoms with van der Waals surface area (Å²) in [4.78, 5) is 12.9. The molecule has 92 valence electrons. The number of hydrogen-bond acceptors (Lipinski definition) is 3. The summed E-state index contributed by atoms with van der Waals surface area (Å²) in [6.07, 6.45) is 0. The molecule has 0 saturated carbocycles. The fraction of sp³-hybridized carbons (Fsp3) is 0.462. The quantitative estimate of drug-likeness (QED) is 0.848. The van der Waals surface area contributed by atoms with Crippen molar-refractivity contribution in [2.45, 2.75) is 36.3 Å². The first-order chi connectivity index (χ1) is 7.94. The summed E-state index contributed by atoms with van der Waals surface area (Å²) in [5, 5.41) is 2.94. The number of carbonyl (C=O) groups is 1. The first-order valence-electron chi connectivity index (χ1n) is 5.78. The summed E-state index contributed by atoms with van der Waals surface area (Å²) in [6, 6.07) is 6.14. The normalized spacial score (nSPS) is 19.4. The summed E-state index contributed by atoms with van der Waals surface area (Å²) in [7, 11) is 0. The monoisotopic (exact) mass is 250 g/mol. The van der Waals surface area contributed by atoms with Crippen LogP contribution in [0.1, 0.15) is 32.3 Å². The Morgan fingerprint density at radius 1 is 1.47 bits per heavy atom. The van der Waals surface area contributed by atoms with Gasteiger partial charge in [-0.15, -0.1) is 11.8 Å².